The van der Waals surface area contributed by atoms with Crippen LogP contribution in [0.5, 0.6) is 5.75 Å². The first kappa shape index (κ1) is 9.34. The molecule has 2 N–H and O–H groups in total. The fourth-order valence-electron chi connectivity index (χ4n) is 1.56. The monoisotopic (exact) mass is 207 g/mol. The van der Waals surface area contributed by atoms with Gasteiger partial charge in [-0.15, -0.1) is 11.3 Å². The second kappa shape index (κ2) is 3.50. The standard InChI is InChI=1S/C11H13NOS/c1-3-13-9-4-7(2)11-8(5-9)6-10(12)14-11/h4-6H,3,12H2,1-2H3. The molecule has 2 aromatic rings. The van der Waals surface area contributed by atoms with Gasteiger partial charge in [-0.05, 0) is 43.0 Å². The Labute approximate surface area is 87.3 Å². The van der Waals surface area contributed by atoms with Crippen molar-refractivity contribution in [2.24, 2.45) is 0 Å². The zero-order valence-corrected chi connectivity index (χ0v) is 9.15. The lowest BCUT2D eigenvalue weighted by atomic mass is 10.2. The third kappa shape index (κ3) is 1.55. The minimum Gasteiger partial charge on any atom is -0.494 e. The van der Waals surface area contributed by atoms with Crippen molar-refractivity contribution < 1.29 is 4.74 Å². The van der Waals surface area contributed by atoms with Crippen molar-refractivity contribution in [3.8, 4) is 5.75 Å². The molecule has 0 bridgehead atoms. The SMILES string of the molecule is CCOc1cc(C)c2sc(N)cc2c1. The van der Waals surface area contributed by atoms with E-state index in [0.717, 1.165) is 10.8 Å². The van der Waals surface area contributed by atoms with Crippen LogP contribution in [0.2, 0.25) is 0 Å². The number of ether oxygens (including phenoxy) is 1. The lowest BCUT2D eigenvalue weighted by Gasteiger charge is -2.04. The molecule has 0 saturated carbocycles. The van der Waals surface area contributed by atoms with E-state index in [1.165, 1.54) is 15.6 Å². The summed E-state index contributed by atoms with van der Waals surface area (Å²) in [7, 11) is 0. The first-order chi connectivity index (χ1) is 6.70. The zero-order chi connectivity index (χ0) is 10.1. The Balaban J connectivity index is 2.59. The van der Waals surface area contributed by atoms with Crippen LogP contribution in [0.4, 0.5) is 5.00 Å². The van der Waals surface area contributed by atoms with Gasteiger partial charge in [0.15, 0.2) is 0 Å². The van der Waals surface area contributed by atoms with E-state index >= 15 is 0 Å². The number of aryl methyl sites for hydroxylation is 1. The number of thiophene rings is 1. The van der Waals surface area contributed by atoms with Crippen LogP contribution in [0.25, 0.3) is 10.1 Å². The Hall–Kier alpha value is -1.22. The second-order valence-corrected chi connectivity index (χ2v) is 4.32. The average Bonchev–Trinajstić information content (AvgIpc) is 2.47. The van der Waals surface area contributed by atoms with Gasteiger partial charge < -0.3 is 10.5 Å². The van der Waals surface area contributed by atoms with Crippen LogP contribution in [-0.2, 0) is 0 Å². The molecule has 0 aliphatic carbocycles. The van der Waals surface area contributed by atoms with E-state index in [4.69, 9.17) is 10.5 Å². The summed E-state index contributed by atoms with van der Waals surface area (Å²) in [5, 5.41) is 2.03. The van der Waals surface area contributed by atoms with Gasteiger partial charge in [-0.3, -0.25) is 0 Å². The van der Waals surface area contributed by atoms with Crippen LogP contribution in [0, 0.1) is 6.92 Å². The van der Waals surface area contributed by atoms with Gasteiger partial charge in [0.05, 0.1) is 11.6 Å². The number of nitrogen functional groups attached to an aromatic ring is 1. The van der Waals surface area contributed by atoms with Crippen molar-refractivity contribution in [1.82, 2.24) is 0 Å². The van der Waals surface area contributed by atoms with Gasteiger partial charge in [-0.2, -0.15) is 0 Å². The molecule has 0 radical (unpaired) electrons. The van der Waals surface area contributed by atoms with Gasteiger partial charge in [-0.25, -0.2) is 0 Å². The molecule has 1 aromatic heterocycles. The van der Waals surface area contributed by atoms with Crippen molar-refractivity contribution in [1.29, 1.82) is 0 Å². The van der Waals surface area contributed by atoms with Crippen LogP contribution in [0.1, 0.15) is 12.5 Å². The van der Waals surface area contributed by atoms with Crippen LogP contribution in [0.3, 0.4) is 0 Å². The highest BCUT2D eigenvalue weighted by molar-refractivity contribution is 7.22. The molecular formula is C11H13NOS. The first-order valence-corrected chi connectivity index (χ1v) is 5.45. The molecule has 2 rings (SSSR count). The maximum atomic E-state index is 5.76. The third-order valence-electron chi connectivity index (χ3n) is 2.11. The summed E-state index contributed by atoms with van der Waals surface area (Å²) in [5.41, 5.74) is 6.99. The molecule has 0 amide bonds. The molecular weight excluding hydrogens is 194 g/mol. The number of hydrogen-bond acceptors (Lipinski definition) is 3. The Kier molecular flexibility index (Phi) is 2.33. The molecule has 0 saturated heterocycles. The van der Waals surface area contributed by atoms with Crippen molar-refractivity contribution in [2.45, 2.75) is 13.8 Å². The molecule has 3 heteroatoms. The van der Waals surface area contributed by atoms with Gasteiger partial charge in [0.1, 0.15) is 5.75 Å². The number of anilines is 1. The van der Waals surface area contributed by atoms with E-state index < -0.39 is 0 Å². The van der Waals surface area contributed by atoms with E-state index in [0.29, 0.717) is 6.61 Å². The van der Waals surface area contributed by atoms with Gasteiger partial charge in [-0.1, -0.05) is 0 Å². The summed E-state index contributed by atoms with van der Waals surface area (Å²) in [5.74, 6) is 0.926. The van der Waals surface area contributed by atoms with E-state index in [-0.39, 0.29) is 0 Å². The van der Waals surface area contributed by atoms with Gasteiger partial charge in [0.25, 0.3) is 0 Å². The van der Waals surface area contributed by atoms with Gasteiger partial charge in [0, 0.05) is 4.70 Å². The predicted molar refractivity (Wildman–Crippen MR) is 62.1 cm³/mol. The van der Waals surface area contributed by atoms with Crippen molar-refractivity contribution >= 4 is 26.4 Å². The number of nitrogens with two attached hydrogens (primary N) is 1. The van der Waals surface area contributed by atoms with Crippen LogP contribution in [0.15, 0.2) is 18.2 Å². The number of hydrogen-bond donors (Lipinski definition) is 1. The quantitative estimate of drug-likeness (QED) is 0.820. The minimum atomic E-state index is 0.699. The molecule has 0 fully saturated rings. The fraction of sp³-hybridized carbons (Fsp3) is 0.273. The van der Waals surface area contributed by atoms with Crippen molar-refractivity contribution in [2.75, 3.05) is 12.3 Å². The lowest BCUT2D eigenvalue weighted by Crippen LogP contribution is -1.91. The summed E-state index contributed by atoms with van der Waals surface area (Å²) < 4.78 is 6.72. The number of fused-ring (bicyclic) bond motifs is 1. The zero-order valence-electron chi connectivity index (χ0n) is 8.33. The van der Waals surface area contributed by atoms with Gasteiger partial charge in [0.2, 0.25) is 0 Å². The molecule has 1 heterocycles. The normalized spacial score (nSPS) is 10.7. The molecule has 0 unspecified atom stereocenters. The van der Waals surface area contributed by atoms with Crippen molar-refractivity contribution in [3.63, 3.8) is 0 Å². The Morgan fingerprint density at radius 1 is 1.36 bits per heavy atom. The summed E-state index contributed by atoms with van der Waals surface area (Å²) in [4.78, 5) is 0. The first-order valence-electron chi connectivity index (χ1n) is 4.63. The topological polar surface area (TPSA) is 35.2 Å². The van der Waals surface area contributed by atoms with E-state index in [1.807, 2.05) is 19.1 Å². The largest absolute Gasteiger partial charge is 0.494 e. The summed E-state index contributed by atoms with van der Waals surface area (Å²) in [6.07, 6.45) is 0. The highest BCUT2D eigenvalue weighted by Crippen LogP contribution is 2.33. The van der Waals surface area contributed by atoms with Crippen LogP contribution < -0.4 is 10.5 Å². The molecule has 14 heavy (non-hydrogen) atoms. The Morgan fingerprint density at radius 3 is 2.86 bits per heavy atom. The Bertz CT molecular complexity index is 462. The molecule has 74 valence electrons. The average molecular weight is 207 g/mol. The van der Waals surface area contributed by atoms with Crippen molar-refractivity contribution in [3.05, 3.63) is 23.8 Å². The van der Waals surface area contributed by atoms with Gasteiger partial charge >= 0.3 is 0 Å². The molecule has 1 aromatic carbocycles. The fourth-order valence-corrected chi connectivity index (χ4v) is 2.44. The number of rotatable bonds is 2. The summed E-state index contributed by atoms with van der Waals surface area (Å²) in [6.45, 7) is 4.77. The Morgan fingerprint density at radius 2 is 2.14 bits per heavy atom. The number of benzene rings is 1. The second-order valence-electron chi connectivity index (χ2n) is 3.24. The van der Waals surface area contributed by atoms with E-state index in [9.17, 15) is 0 Å². The molecule has 0 spiro atoms. The lowest BCUT2D eigenvalue weighted by molar-refractivity contribution is 0.340. The third-order valence-corrected chi connectivity index (χ3v) is 3.22. The highest BCUT2D eigenvalue weighted by atomic mass is 32.1. The van der Waals surface area contributed by atoms with Crippen LogP contribution in [-0.4, -0.2) is 6.61 Å². The summed E-state index contributed by atoms with van der Waals surface area (Å²) in [6, 6.07) is 6.09. The molecule has 0 aliphatic heterocycles. The summed E-state index contributed by atoms with van der Waals surface area (Å²) >= 11 is 1.63. The molecule has 0 atom stereocenters. The van der Waals surface area contributed by atoms with E-state index in [2.05, 4.69) is 13.0 Å². The van der Waals surface area contributed by atoms with Crippen LogP contribution >= 0.6 is 11.3 Å². The molecule has 0 aliphatic rings. The molecule has 2 nitrogen and oxygen atoms in total. The smallest absolute Gasteiger partial charge is 0.120 e. The maximum Gasteiger partial charge on any atom is 0.120 e. The highest BCUT2D eigenvalue weighted by Gasteiger charge is 2.04. The predicted octanol–water partition coefficient (Wildman–Crippen LogP) is 3.19. The van der Waals surface area contributed by atoms with E-state index in [1.54, 1.807) is 11.3 Å². The minimum absolute atomic E-state index is 0.699. The maximum absolute atomic E-state index is 5.76.